The number of benzene rings is 4. The Morgan fingerprint density at radius 1 is 0.855 bits per heavy atom. The number of ether oxygens (including phenoxy) is 1. The highest BCUT2D eigenvalue weighted by Gasteiger charge is 2.40. The Balaban J connectivity index is 0.710. The number of aromatic carboxylic acids is 1. The molecule has 15 nitrogen and oxygen atoms in total. The second kappa shape index (κ2) is 21.0. The van der Waals surface area contributed by atoms with Gasteiger partial charge in [0, 0.05) is 80.9 Å². The van der Waals surface area contributed by atoms with E-state index < -0.39 is 35.4 Å². The average molecular weight is 1050 g/mol. The van der Waals surface area contributed by atoms with Crippen LogP contribution in [0.1, 0.15) is 107 Å². The van der Waals surface area contributed by atoms with E-state index in [4.69, 9.17) is 9.84 Å². The summed E-state index contributed by atoms with van der Waals surface area (Å²) in [5.41, 5.74) is 3.62. The van der Waals surface area contributed by atoms with Crippen LogP contribution in [0, 0.1) is 5.92 Å². The summed E-state index contributed by atoms with van der Waals surface area (Å²) in [6.07, 6.45) is 0.818. The summed E-state index contributed by atoms with van der Waals surface area (Å²) in [7, 11) is 1.90. The maximum absolute atomic E-state index is 15.2. The van der Waals surface area contributed by atoms with Crippen LogP contribution in [-0.2, 0) is 35.8 Å². The number of para-hydroxylation sites is 2. The second-order valence-corrected chi connectivity index (χ2v) is 21.5. The number of pyridine rings is 1. The molecule has 3 N–H and O–H groups in total. The van der Waals surface area contributed by atoms with Crippen LogP contribution in [0.5, 0.6) is 5.75 Å². The van der Waals surface area contributed by atoms with E-state index in [9.17, 15) is 24.3 Å². The summed E-state index contributed by atoms with van der Waals surface area (Å²) in [4.78, 5) is 66.9. The fourth-order valence-electron chi connectivity index (χ4n) is 11.8. The Bertz CT molecular complexity index is 3350. The molecule has 1 aliphatic carbocycles. The van der Waals surface area contributed by atoms with Crippen LogP contribution in [0.3, 0.4) is 0 Å². The molecule has 1 saturated carbocycles. The fraction of sp³-hybridized carbons (Fsp3) is 0.386. The van der Waals surface area contributed by atoms with Crippen molar-refractivity contribution in [1.82, 2.24) is 30.0 Å². The van der Waals surface area contributed by atoms with Crippen molar-refractivity contribution < 1.29 is 42.2 Å². The van der Waals surface area contributed by atoms with E-state index in [1.807, 2.05) is 65.2 Å². The van der Waals surface area contributed by atoms with E-state index in [1.165, 1.54) is 35.6 Å². The molecule has 2 saturated heterocycles. The molecule has 3 aromatic heterocycles. The third-order valence-corrected chi connectivity index (χ3v) is 16.8. The molecule has 11 rings (SSSR count). The number of imide groups is 1. The maximum Gasteiger partial charge on any atom is 0.420 e. The number of carbonyl (C=O) groups excluding carboxylic acids is 3. The minimum Gasteiger partial charge on any atom is -0.490 e. The molecule has 394 valence electrons. The van der Waals surface area contributed by atoms with Gasteiger partial charge < -0.3 is 19.6 Å². The summed E-state index contributed by atoms with van der Waals surface area (Å²) in [6, 6.07) is 26.5. The number of aromatic nitrogens is 4. The third kappa shape index (κ3) is 10.2. The van der Waals surface area contributed by atoms with Gasteiger partial charge in [0.05, 0.1) is 39.1 Å². The smallest absolute Gasteiger partial charge is 0.420 e. The average Bonchev–Trinajstić information content (AvgIpc) is 4.03. The number of thiazole rings is 1. The van der Waals surface area contributed by atoms with E-state index in [-0.39, 0.29) is 47.0 Å². The molecule has 3 aliphatic heterocycles. The zero-order valence-corrected chi connectivity index (χ0v) is 43.1. The molecule has 0 spiro atoms. The van der Waals surface area contributed by atoms with Gasteiger partial charge in [-0.2, -0.15) is 18.3 Å². The van der Waals surface area contributed by atoms with Gasteiger partial charge in [-0.15, -0.1) is 0 Å². The zero-order valence-electron chi connectivity index (χ0n) is 42.2. The highest BCUT2D eigenvalue weighted by atomic mass is 32.1. The number of aryl methyl sites for hydroxylation is 1. The summed E-state index contributed by atoms with van der Waals surface area (Å²) in [5.74, 6) is -2.47. The lowest BCUT2D eigenvalue weighted by Gasteiger charge is -2.40. The van der Waals surface area contributed by atoms with E-state index in [1.54, 1.807) is 12.1 Å². The van der Waals surface area contributed by atoms with Crippen molar-refractivity contribution in [1.29, 1.82) is 0 Å². The predicted octanol–water partition coefficient (Wildman–Crippen LogP) is 10.2. The Labute approximate surface area is 441 Å². The number of piperazine rings is 1. The van der Waals surface area contributed by atoms with Gasteiger partial charge in [-0.05, 0) is 118 Å². The van der Waals surface area contributed by atoms with Crippen LogP contribution in [0.15, 0.2) is 91.0 Å². The van der Waals surface area contributed by atoms with Crippen molar-refractivity contribution in [2.45, 2.75) is 95.5 Å². The number of carboxylic acids is 1. The Kier molecular flexibility index (Phi) is 14.0. The van der Waals surface area contributed by atoms with E-state index >= 15 is 13.2 Å². The van der Waals surface area contributed by atoms with Gasteiger partial charge in [0.1, 0.15) is 17.1 Å². The van der Waals surface area contributed by atoms with E-state index in [0.29, 0.717) is 67.0 Å². The third-order valence-electron chi connectivity index (χ3n) is 15.8. The number of alkyl halides is 3. The zero-order chi connectivity index (χ0) is 52.8. The lowest BCUT2D eigenvalue weighted by atomic mass is 9.83. The number of nitrogens with one attached hydrogen (secondary N) is 2. The first-order chi connectivity index (χ1) is 36.7. The number of hydrogen-bond acceptors (Lipinski definition) is 12. The van der Waals surface area contributed by atoms with Gasteiger partial charge >= 0.3 is 12.1 Å². The topological polar surface area (TPSA) is 175 Å². The standard InChI is InChI=1S/C57H58F3N9O6S/c1-33(67-28-30-68(31-29-67)44-13-6-11-40-50(65-66(2)52(40)44)41-23-25-48(70)63-54(41)72)16-17-34-18-20-36(21-19-34)75-45-14-7-9-37(49(45)57(58,59)60)38-22-24-47(62-51(38)55(73)74)69-27-26-35-8-5-10-39(42(35)32-69)53(71)64-56-61-43-12-3-4-15-46(43)76-56/h3-15,22,24,33-34,36,41H,16-21,23,25-32H2,1-2H3,(H,73,74)(H,61,64,71)(H,63,70,72)/t33-,34?,36?,41-/m0/s1. The lowest BCUT2D eigenvalue weighted by molar-refractivity contribution is -0.139. The van der Waals surface area contributed by atoms with Crippen LogP contribution in [0.2, 0.25) is 0 Å². The number of hydrogen-bond donors (Lipinski definition) is 3. The minimum atomic E-state index is -4.87. The van der Waals surface area contributed by atoms with Crippen molar-refractivity contribution in [2.24, 2.45) is 13.0 Å². The van der Waals surface area contributed by atoms with E-state index in [0.717, 1.165) is 89.8 Å². The molecular weight excluding hydrogens is 996 g/mol. The molecule has 7 aromatic rings. The number of anilines is 3. The lowest BCUT2D eigenvalue weighted by Crippen LogP contribution is -2.49. The van der Waals surface area contributed by atoms with Crippen molar-refractivity contribution in [3.63, 3.8) is 0 Å². The van der Waals surface area contributed by atoms with Gasteiger partial charge in [-0.25, -0.2) is 14.8 Å². The molecule has 0 unspecified atom stereocenters. The Hall–Kier alpha value is -7.38. The molecule has 0 radical (unpaired) electrons. The summed E-state index contributed by atoms with van der Waals surface area (Å²) < 4.78 is 54.7. The van der Waals surface area contributed by atoms with Gasteiger partial charge in [0.15, 0.2) is 10.8 Å². The number of amides is 3. The normalized spacial score (nSPS) is 19.9. The van der Waals surface area contributed by atoms with Crippen molar-refractivity contribution in [2.75, 3.05) is 47.8 Å². The van der Waals surface area contributed by atoms with Crippen LogP contribution in [0.25, 0.3) is 32.2 Å². The van der Waals surface area contributed by atoms with Gasteiger partial charge in [-0.3, -0.25) is 34.6 Å². The second-order valence-electron chi connectivity index (χ2n) is 20.5. The van der Waals surface area contributed by atoms with Crippen molar-refractivity contribution in [3.05, 3.63) is 125 Å². The molecule has 76 heavy (non-hydrogen) atoms. The molecule has 2 atom stereocenters. The van der Waals surface area contributed by atoms with Gasteiger partial charge in [0.25, 0.3) is 5.91 Å². The molecule has 0 bridgehead atoms. The Morgan fingerprint density at radius 3 is 2.39 bits per heavy atom. The summed E-state index contributed by atoms with van der Waals surface area (Å²) in [5, 5.41) is 22.0. The largest absolute Gasteiger partial charge is 0.490 e. The van der Waals surface area contributed by atoms with Gasteiger partial charge in [0.2, 0.25) is 11.8 Å². The number of rotatable bonds is 13. The monoisotopic (exact) mass is 1050 g/mol. The quantitative estimate of drug-likeness (QED) is 0.0934. The number of nitrogens with zero attached hydrogens (tertiary/aromatic N) is 7. The van der Waals surface area contributed by atoms with Crippen LogP contribution in [0.4, 0.5) is 29.8 Å². The summed E-state index contributed by atoms with van der Waals surface area (Å²) in [6.45, 7) is 6.36. The SMILES string of the molecule is C[C@@H](CCC1CCC(Oc2cccc(-c3ccc(N4CCc5cccc(C(=O)Nc6nc7ccccc7s6)c5C4)nc3C(=O)O)c2C(F)(F)F)CC1)N1CCN(c2cccc3c([C@@H]4CCC(=O)NC4=O)nn(C)c23)CC1. The van der Waals surface area contributed by atoms with Crippen LogP contribution >= 0.6 is 11.3 Å². The molecule has 6 heterocycles. The molecule has 4 aliphatic rings. The predicted molar refractivity (Wildman–Crippen MR) is 285 cm³/mol. The number of carboxylic acid groups (broad SMARTS) is 1. The molecular formula is C57H58F3N9O6S. The Morgan fingerprint density at radius 2 is 1.63 bits per heavy atom. The first kappa shape index (κ1) is 50.8. The molecule has 4 aromatic carbocycles. The number of halogens is 3. The van der Waals surface area contributed by atoms with Crippen LogP contribution in [-0.4, -0.2) is 98.3 Å². The molecule has 3 fully saturated rings. The highest BCUT2D eigenvalue weighted by molar-refractivity contribution is 7.22. The minimum absolute atomic E-state index is 0.173. The first-order valence-corrected chi connectivity index (χ1v) is 26.9. The maximum atomic E-state index is 15.2. The summed E-state index contributed by atoms with van der Waals surface area (Å²) >= 11 is 1.37. The number of piperidine rings is 1. The number of carbonyl (C=O) groups is 4. The van der Waals surface area contributed by atoms with Crippen molar-refractivity contribution >= 4 is 72.8 Å². The first-order valence-electron chi connectivity index (χ1n) is 26.1. The number of fused-ring (bicyclic) bond motifs is 3. The molecule has 19 heteroatoms. The van der Waals surface area contributed by atoms with E-state index in [2.05, 4.69) is 43.4 Å². The van der Waals surface area contributed by atoms with Crippen molar-refractivity contribution in [3.8, 4) is 16.9 Å². The van der Waals surface area contributed by atoms with Gasteiger partial charge in [-0.1, -0.05) is 59.9 Å². The highest BCUT2D eigenvalue weighted by Crippen LogP contribution is 2.46. The molecule has 3 amide bonds. The van der Waals surface area contributed by atoms with Crippen LogP contribution < -0.4 is 25.2 Å². The fourth-order valence-corrected chi connectivity index (χ4v) is 12.7.